The van der Waals surface area contributed by atoms with Crippen molar-refractivity contribution in [1.29, 1.82) is 0 Å². The third-order valence-electron chi connectivity index (χ3n) is 2.87. The standard InChI is InChI=1S/C14H19N3O3/c1-14(2,3)20-13(19)17-6-5-11(18)7-12(17)10-8-15-16(4)9-10/h5-6,8-9,12H,7H2,1-4H3. The number of aryl methyl sites for hydroxylation is 1. The van der Waals surface area contributed by atoms with Crippen molar-refractivity contribution < 1.29 is 14.3 Å². The predicted molar refractivity (Wildman–Crippen MR) is 72.8 cm³/mol. The Morgan fingerprint density at radius 1 is 1.45 bits per heavy atom. The van der Waals surface area contributed by atoms with Crippen LogP contribution in [0.4, 0.5) is 4.79 Å². The third kappa shape index (κ3) is 3.26. The van der Waals surface area contributed by atoms with Crippen molar-refractivity contribution in [3.05, 3.63) is 30.2 Å². The van der Waals surface area contributed by atoms with Gasteiger partial charge in [-0.1, -0.05) is 0 Å². The molecule has 108 valence electrons. The van der Waals surface area contributed by atoms with Crippen molar-refractivity contribution in [3.8, 4) is 0 Å². The van der Waals surface area contributed by atoms with Crippen LogP contribution in [0.5, 0.6) is 0 Å². The van der Waals surface area contributed by atoms with Gasteiger partial charge in [-0.15, -0.1) is 0 Å². The zero-order chi connectivity index (χ0) is 14.9. The molecular weight excluding hydrogens is 258 g/mol. The number of amides is 1. The zero-order valence-corrected chi connectivity index (χ0v) is 12.2. The molecule has 0 radical (unpaired) electrons. The average molecular weight is 277 g/mol. The number of rotatable bonds is 1. The van der Waals surface area contributed by atoms with Crippen molar-refractivity contribution in [1.82, 2.24) is 14.7 Å². The second-order valence-electron chi connectivity index (χ2n) is 5.84. The maximum Gasteiger partial charge on any atom is 0.414 e. The summed E-state index contributed by atoms with van der Waals surface area (Å²) in [4.78, 5) is 25.3. The monoisotopic (exact) mass is 277 g/mol. The highest BCUT2D eigenvalue weighted by molar-refractivity contribution is 5.92. The van der Waals surface area contributed by atoms with Crippen molar-refractivity contribution in [2.75, 3.05) is 0 Å². The summed E-state index contributed by atoms with van der Waals surface area (Å²) in [7, 11) is 1.79. The molecular formula is C14H19N3O3. The quantitative estimate of drug-likeness (QED) is 0.789. The van der Waals surface area contributed by atoms with Crippen LogP contribution in [0.1, 0.15) is 38.8 Å². The molecule has 0 bridgehead atoms. The number of carbonyl (C=O) groups is 2. The Morgan fingerprint density at radius 2 is 2.15 bits per heavy atom. The molecule has 0 aliphatic carbocycles. The minimum absolute atomic E-state index is 0.0151. The van der Waals surface area contributed by atoms with E-state index in [4.69, 9.17) is 4.74 Å². The van der Waals surface area contributed by atoms with Crippen LogP contribution in [0.3, 0.4) is 0 Å². The Morgan fingerprint density at radius 3 is 2.70 bits per heavy atom. The second kappa shape index (κ2) is 5.11. The van der Waals surface area contributed by atoms with E-state index in [0.29, 0.717) is 0 Å². The van der Waals surface area contributed by atoms with Crippen LogP contribution in [0.2, 0.25) is 0 Å². The summed E-state index contributed by atoms with van der Waals surface area (Å²) in [5.41, 5.74) is 0.238. The van der Waals surface area contributed by atoms with E-state index < -0.39 is 11.7 Å². The van der Waals surface area contributed by atoms with Crippen molar-refractivity contribution in [2.45, 2.75) is 38.8 Å². The summed E-state index contributed by atoms with van der Waals surface area (Å²) in [5, 5.41) is 4.09. The van der Waals surface area contributed by atoms with Gasteiger partial charge in [0.25, 0.3) is 0 Å². The highest BCUT2D eigenvalue weighted by Gasteiger charge is 2.32. The molecule has 1 amide bonds. The predicted octanol–water partition coefficient (Wildman–Crippen LogP) is 2.18. The molecule has 0 saturated carbocycles. The summed E-state index contributed by atoms with van der Waals surface area (Å²) >= 11 is 0. The summed E-state index contributed by atoms with van der Waals surface area (Å²) in [6.07, 6.45) is 6.12. The summed E-state index contributed by atoms with van der Waals surface area (Å²) < 4.78 is 7.01. The second-order valence-corrected chi connectivity index (χ2v) is 5.84. The number of aromatic nitrogens is 2. The van der Waals surface area contributed by atoms with Crippen LogP contribution < -0.4 is 0 Å². The van der Waals surface area contributed by atoms with Crippen molar-refractivity contribution in [3.63, 3.8) is 0 Å². The minimum atomic E-state index is -0.578. The van der Waals surface area contributed by atoms with Gasteiger partial charge in [0.15, 0.2) is 5.78 Å². The van der Waals surface area contributed by atoms with Crippen LogP contribution in [0, 0.1) is 0 Å². The van der Waals surface area contributed by atoms with Gasteiger partial charge in [-0.2, -0.15) is 5.10 Å². The Labute approximate surface area is 118 Å². The van der Waals surface area contributed by atoms with E-state index in [2.05, 4.69) is 5.10 Å². The van der Waals surface area contributed by atoms with Crippen LogP contribution in [0.15, 0.2) is 24.7 Å². The lowest BCUT2D eigenvalue weighted by Crippen LogP contribution is -2.38. The summed E-state index contributed by atoms with van der Waals surface area (Å²) in [6.45, 7) is 5.42. The molecule has 2 rings (SSSR count). The van der Waals surface area contributed by atoms with Gasteiger partial charge in [0, 0.05) is 31.4 Å². The summed E-state index contributed by atoms with van der Waals surface area (Å²) in [5.74, 6) is -0.0151. The maximum absolute atomic E-state index is 12.2. The minimum Gasteiger partial charge on any atom is -0.443 e. The number of nitrogens with zero attached hydrogens (tertiary/aromatic N) is 3. The molecule has 0 aromatic carbocycles. The van der Waals surface area contributed by atoms with Gasteiger partial charge in [-0.25, -0.2) is 4.79 Å². The fourth-order valence-corrected chi connectivity index (χ4v) is 2.02. The van der Waals surface area contributed by atoms with E-state index in [-0.39, 0.29) is 18.2 Å². The zero-order valence-electron chi connectivity index (χ0n) is 12.2. The van der Waals surface area contributed by atoms with Crippen LogP contribution >= 0.6 is 0 Å². The van der Waals surface area contributed by atoms with E-state index in [1.807, 2.05) is 20.8 Å². The number of ether oxygens (including phenoxy) is 1. The van der Waals surface area contributed by atoms with Gasteiger partial charge in [-0.05, 0) is 26.8 Å². The van der Waals surface area contributed by atoms with Gasteiger partial charge in [0.05, 0.1) is 12.2 Å². The van der Waals surface area contributed by atoms with Crippen LogP contribution in [0.25, 0.3) is 0 Å². The van der Waals surface area contributed by atoms with E-state index in [9.17, 15) is 9.59 Å². The molecule has 20 heavy (non-hydrogen) atoms. The van der Waals surface area contributed by atoms with E-state index >= 15 is 0 Å². The van der Waals surface area contributed by atoms with Crippen molar-refractivity contribution in [2.24, 2.45) is 7.05 Å². The first-order valence-electron chi connectivity index (χ1n) is 6.47. The normalized spacial score (nSPS) is 19.3. The number of carbonyl (C=O) groups excluding carboxylic acids is 2. The SMILES string of the molecule is Cn1cc(C2CC(=O)C=CN2C(=O)OC(C)(C)C)cn1. The first-order valence-corrected chi connectivity index (χ1v) is 6.47. The lowest BCUT2D eigenvalue weighted by Gasteiger charge is -2.32. The van der Waals surface area contributed by atoms with Gasteiger partial charge >= 0.3 is 6.09 Å². The van der Waals surface area contributed by atoms with Gasteiger partial charge in [0.1, 0.15) is 5.60 Å². The fourth-order valence-electron chi connectivity index (χ4n) is 2.02. The molecule has 1 unspecified atom stereocenters. The molecule has 1 aliphatic heterocycles. The summed E-state index contributed by atoms with van der Waals surface area (Å²) in [6, 6.07) is -0.365. The Bertz CT molecular complexity index is 554. The van der Waals surface area contributed by atoms with Crippen LogP contribution in [-0.2, 0) is 16.6 Å². The highest BCUT2D eigenvalue weighted by Crippen LogP contribution is 2.29. The first kappa shape index (κ1) is 14.3. The lowest BCUT2D eigenvalue weighted by atomic mass is 10.0. The molecule has 0 N–H and O–H groups in total. The van der Waals surface area contributed by atoms with Gasteiger partial charge < -0.3 is 4.74 Å². The molecule has 0 fully saturated rings. The Kier molecular flexibility index (Phi) is 3.65. The molecule has 1 aromatic heterocycles. The van der Waals surface area contributed by atoms with Gasteiger partial charge in [0.2, 0.25) is 0 Å². The highest BCUT2D eigenvalue weighted by atomic mass is 16.6. The number of hydrogen-bond donors (Lipinski definition) is 0. The Hall–Kier alpha value is -2.11. The number of allylic oxidation sites excluding steroid dienone is 1. The average Bonchev–Trinajstić information content (AvgIpc) is 2.73. The van der Waals surface area contributed by atoms with E-state index in [1.165, 1.54) is 17.2 Å². The van der Waals surface area contributed by atoms with Crippen molar-refractivity contribution >= 4 is 11.9 Å². The fraction of sp³-hybridized carbons (Fsp3) is 0.500. The largest absolute Gasteiger partial charge is 0.443 e. The molecule has 0 saturated heterocycles. The molecule has 2 heterocycles. The number of ketones is 1. The topological polar surface area (TPSA) is 64.4 Å². The lowest BCUT2D eigenvalue weighted by molar-refractivity contribution is -0.116. The molecule has 6 heteroatoms. The van der Waals surface area contributed by atoms with Gasteiger partial charge in [-0.3, -0.25) is 14.4 Å². The van der Waals surface area contributed by atoms with E-state index in [0.717, 1.165) is 5.56 Å². The molecule has 6 nitrogen and oxygen atoms in total. The maximum atomic E-state index is 12.2. The third-order valence-corrected chi connectivity index (χ3v) is 2.87. The number of hydrogen-bond acceptors (Lipinski definition) is 4. The molecule has 0 spiro atoms. The Balaban J connectivity index is 2.26. The smallest absolute Gasteiger partial charge is 0.414 e. The van der Waals surface area contributed by atoms with E-state index in [1.54, 1.807) is 24.1 Å². The van der Waals surface area contributed by atoms with Crippen LogP contribution in [-0.4, -0.2) is 32.2 Å². The molecule has 1 aromatic rings. The molecule has 1 atom stereocenters. The first-order chi connectivity index (χ1) is 9.26. The molecule has 1 aliphatic rings.